The zero-order valence-corrected chi connectivity index (χ0v) is 16.8. The number of nitrogens with zero attached hydrogens (tertiary/aromatic N) is 2. The molecule has 1 aromatic heterocycles. The van der Waals surface area contributed by atoms with E-state index in [9.17, 15) is 9.90 Å². The Kier molecular flexibility index (Phi) is 4.72. The van der Waals surface area contributed by atoms with Crippen molar-refractivity contribution in [1.29, 1.82) is 0 Å². The molecule has 1 atom stereocenters. The maximum Gasteiger partial charge on any atom is 0.325 e. The van der Waals surface area contributed by atoms with Gasteiger partial charge in [0.15, 0.2) is 0 Å². The van der Waals surface area contributed by atoms with Crippen molar-refractivity contribution in [2.75, 3.05) is 5.32 Å². The number of rotatable bonds is 4. The summed E-state index contributed by atoms with van der Waals surface area (Å²) in [6.45, 7) is 0. The summed E-state index contributed by atoms with van der Waals surface area (Å²) in [4.78, 5) is 16.0. The van der Waals surface area contributed by atoms with Gasteiger partial charge in [-0.3, -0.25) is 9.78 Å². The number of aromatic amines is 1. The number of fused-ring (bicyclic) bond motifs is 3. The van der Waals surface area contributed by atoms with Crippen molar-refractivity contribution in [3.05, 3.63) is 100 Å². The third-order valence-corrected chi connectivity index (χ3v) is 5.94. The molecule has 0 aliphatic carbocycles. The second kappa shape index (κ2) is 7.68. The molecule has 0 saturated heterocycles. The topological polar surface area (TPSA) is 81.9 Å². The first-order chi connectivity index (χ1) is 14.7. The van der Waals surface area contributed by atoms with Crippen molar-refractivity contribution in [3.63, 3.8) is 0 Å². The largest absolute Gasteiger partial charge is 0.508 e. The van der Waals surface area contributed by atoms with Crippen LogP contribution in [0.1, 0.15) is 17.3 Å². The van der Waals surface area contributed by atoms with Crippen LogP contribution in [0.3, 0.4) is 0 Å². The summed E-state index contributed by atoms with van der Waals surface area (Å²) in [7, 11) is 0. The van der Waals surface area contributed by atoms with Crippen LogP contribution in [0, 0.1) is 0 Å². The molecule has 0 amide bonds. The lowest BCUT2D eigenvalue weighted by atomic mass is 10.0. The van der Waals surface area contributed by atoms with Crippen molar-refractivity contribution in [2.45, 2.75) is 17.1 Å². The summed E-state index contributed by atoms with van der Waals surface area (Å²) in [5.41, 5.74) is 4.05. The summed E-state index contributed by atoms with van der Waals surface area (Å²) >= 11 is 1.49. The second-order valence-electron chi connectivity index (χ2n) is 7.01. The molecule has 30 heavy (non-hydrogen) atoms. The van der Waals surface area contributed by atoms with Crippen LogP contribution in [-0.2, 0) is 5.75 Å². The van der Waals surface area contributed by atoms with E-state index in [1.54, 1.807) is 16.8 Å². The number of hydrogen-bond acceptors (Lipinski definition) is 5. The number of anilines is 1. The van der Waals surface area contributed by atoms with E-state index in [0.717, 1.165) is 22.4 Å². The van der Waals surface area contributed by atoms with Gasteiger partial charge in [-0.05, 0) is 46.6 Å². The van der Waals surface area contributed by atoms with Gasteiger partial charge in [0.25, 0.3) is 6.17 Å². The van der Waals surface area contributed by atoms with Gasteiger partial charge in [0.2, 0.25) is 5.16 Å². The normalized spacial score (nSPS) is 14.5. The standard InChI is InChI=1S/C23H18N4O2S/c28-17-12-10-16(11-13-17)21-24-19-9-5-4-8-18(19)20-22(29)25-23(26-27(20)21)30-14-15-6-2-1-3-7-15/h1-13,21H,14H2,(H2,25,26,28,29)/p+1/t21-/m0/s1. The number of hydrogen-bond donors (Lipinski definition) is 3. The first-order valence-electron chi connectivity index (χ1n) is 9.57. The zero-order valence-electron chi connectivity index (χ0n) is 15.9. The first kappa shape index (κ1) is 18.4. The maximum atomic E-state index is 13.1. The molecule has 3 N–H and O–H groups in total. The lowest BCUT2D eigenvalue weighted by Gasteiger charge is -2.22. The number of phenols is 1. The van der Waals surface area contributed by atoms with Gasteiger partial charge < -0.3 is 10.4 Å². The van der Waals surface area contributed by atoms with E-state index < -0.39 is 0 Å². The number of aromatic nitrogens is 3. The van der Waals surface area contributed by atoms with E-state index in [4.69, 9.17) is 5.10 Å². The third kappa shape index (κ3) is 3.44. The van der Waals surface area contributed by atoms with Crippen molar-refractivity contribution >= 4 is 17.4 Å². The van der Waals surface area contributed by atoms with Crippen LogP contribution in [0.15, 0.2) is 88.8 Å². The lowest BCUT2D eigenvalue weighted by molar-refractivity contribution is -0.759. The Morgan fingerprint density at radius 1 is 0.967 bits per heavy atom. The molecule has 2 heterocycles. The number of benzene rings is 3. The number of para-hydroxylation sites is 1. The number of aromatic hydroxyl groups is 1. The molecular weight excluding hydrogens is 396 g/mol. The van der Waals surface area contributed by atoms with Crippen molar-refractivity contribution in [1.82, 2.24) is 10.1 Å². The van der Waals surface area contributed by atoms with Crippen molar-refractivity contribution in [2.24, 2.45) is 0 Å². The first-order valence-corrected chi connectivity index (χ1v) is 10.6. The summed E-state index contributed by atoms with van der Waals surface area (Å²) in [5, 5.41) is 18.5. The van der Waals surface area contributed by atoms with E-state index >= 15 is 0 Å². The fraction of sp³-hybridized carbons (Fsp3) is 0.0870. The Balaban J connectivity index is 1.59. The molecule has 1 aliphatic heterocycles. The zero-order chi connectivity index (χ0) is 20.5. The molecule has 3 aromatic carbocycles. The highest BCUT2D eigenvalue weighted by molar-refractivity contribution is 7.98. The van der Waals surface area contributed by atoms with E-state index in [-0.39, 0.29) is 17.5 Å². The van der Waals surface area contributed by atoms with Crippen LogP contribution < -0.4 is 15.6 Å². The number of thioether (sulfide) groups is 1. The van der Waals surface area contributed by atoms with Crippen LogP contribution in [0.5, 0.6) is 5.75 Å². The monoisotopic (exact) mass is 415 g/mol. The Bertz CT molecular complexity index is 1260. The van der Waals surface area contributed by atoms with Crippen LogP contribution in [0.4, 0.5) is 5.69 Å². The lowest BCUT2D eigenvalue weighted by Crippen LogP contribution is -2.55. The van der Waals surface area contributed by atoms with Gasteiger partial charge in [-0.25, -0.2) is 0 Å². The molecule has 1 aliphatic rings. The number of nitrogens with one attached hydrogen (secondary N) is 2. The van der Waals surface area contributed by atoms with E-state index in [2.05, 4.69) is 10.3 Å². The Labute approximate surface area is 177 Å². The highest BCUT2D eigenvalue weighted by Crippen LogP contribution is 2.32. The number of H-pyrrole nitrogens is 1. The quantitative estimate of drug-likeness (QED) is 0.350. The molecule has 0 unspecified atom stereocenters. The summed E-state index contributed by atoms with van der Waals surface area (Å²) in [6.07, 6.45) is -0.367. The summed E-state index contributed by atoms with van der Waals surface area (Å²) in [6, 6.07) is 24.7. The van der Waals surface area contributed by atoms with Gasteiger partial charge in [-0.2, -0.15) is 0 Å². The van der Waals surface area contributed by atoms with Crippen LogP contribution in [0.25, 0.3) is 11.3 Å². The highest BCUT2D eigenvalue weighted by Gasteiger charge is 2.37. The van der Waals surface area contributed by atoms with Gasteiger partial charge >= 0.3 is 11.3 Å². The van der Waals surface area contributed by atoms with Crippen molar-refractivity contribution < 1.29 is 9.79 Å². The molecule has 0 saturated carbocycles. The minimum absolute atomic E-state index is 0.182. The second-order valence-corrected chi connectivity index (χ2v) is 7.97. The molecule has 148 valence electrons. The molecule has 5 rings (SSSR count). The molecule has 0 spiro atoms. The predicted octanol–water partition coefficient (Wildman–Crippen LogP) is 3.69. The van der Waals surface area contributed by atoms with Crippen LogP contribution >= 0.6 is 11.8 Å². The van der Waals surface area contributed by atoms with Gasteiger partial charge in [-0.1, -0.05) is 54.2 Å². The Morgan fingerprint density at radius 3 is 2.50 bits per heavy atom. The molecule has 4 aromatic rings. The average Bonchev–Trinajstić information content (AvgIpc) is 2.78. The summed E-state index contributed by atoms with van der Waals surface area (Å²) in [5.74, 6) is 0.898. The van der Waals surface area contributed by atoms with E-state index in [0.29, 0.717) is 16.6 Å². The minimum atomic E-state index is -0.367. The molecule has 6 nitrogen and oxygen atoms in total. The van der Waals surface area contributed by atoms with Crippen LogP contribution in [-0.4, -0.2) is 15.2 Å². The van der Waals surface area contributed by atoms with Gasteiger partial charge in [-0.15, -0.1) is 0 Å². The third-order valence-electron chi connectivity index (χ3n) is 5.01. The smallest absolute Gasteiger partial charge is 0.325 e. The predicted molar refractivity (Wildman–Crippen MR) is 116 cm³/mol. The fourth-order valence-electron chi connectivity index (χ4n) is 3.56. The van der Waals surface area contributed by atoms with Gasteiger partial charge in [0.05, 0.1) is 11.3 Å². The Morgan fingerprint density at radius 2 is 1.70 bits per heavy atom. The van der Waals surface area contributed by atoms with Gasteiger partial charge in [0.1, 0.15) is 5.75 Å². The maximum absolute atomic E-state index is 13.1. The van der Waals surface area contributed by atoms with Gasteiger partial charge in [0, 0.05) is 16.4 Å². The van der Waals surface area contributed by atoms with E-state index in [1.165, 1.54) is 11.8 Å². The van der Waals surface area contributed by atoms with Crippen LogP contribution in [0.2, 0.25) is 0 Å². The minimum Gasteiger partial charge on any atom is -0.508 e. The van der Waals surface area contributed by atoms with E-state index in [1.807, 2.05) is 66.7 Å². The Hall–Kier alpha value is -3.58. The molecular formula is C23H19N4O2S+. The SMILES string of the molecule is O=c1[nH]c(SCc2ccccc2)n[n+]2c1-c1ccccc1N[C@@H]2c1ccc(O)cc1. The average molecular weight is 415 g/mol. The molecule has 0 fully saturated rings. The molecule has 0 bridgehead atoms. The van der Waals surface area contributed by atoms with Crippen molar-refractivity contribution in [3.8, 4) is 17.0 Å². The highest BCUT2D eigenvalue weighted by atomic mass is 32.2. The molecule has 7 heteroatoms. The molecule has 0 radical (unpaired) electrons. The number of phenolic OH excluding ortho intramolecular Hbond substituents is 1. The summed E-state index contributed by atoms with van der Waals surface area (Å²) < 4.78 is 1.74. The fourth-order valence-corrected chi connectivity index (χ4v) is 4.37.